The van der Waals surface area contributed by atoms with Crippen LogP contribution in [0.25, 0.3) is 0 Å². The van der Waals surface area contributed by atoms with Crippen LogP contribution in [0.4, 0.5) is 0 Å². The minimum atomic E-state index is -0.946. The molecule has 0 saturated heterocycles. The molecule has 0 fully saturated rings. The first kappa shape index (κ1) is 21.3. The monoisotopic (exact) mass is 371 g/mol. The van der Waals surface area contributed by atoms with E-state index in [9.17, 15) is 5.11 Å². The maximum absolute atomic E-state index is 11.2. The number of aliphatic hydroxyl groups is 1. The van der Waals surface area contributed by atoms with Gasteiger partial charge in [-0.3, -0.25) is 4.90 Å². The van der Waals surface area contributed by atoms with Gasteiger partial charge in [-0.05, 0) is 38.0 Å². The van der Waals surface area contributed by atoms with Gasteiger partial charge in [0.05, 0.1) is 25.4 Å². The van der Waals surface area contributed by atoms with Crippen LogP contribution in [0.15, 0.2) is 48.5 Å². The highest BCUT2D eigenvalue weighted by atomic mass is 16.5. The molecular weight excluding hydrogens is 338 g/mol. The van der Waals surface area contributed by atoms with Crippen LogP contribution in [0.1, 0.15) is 44.7 Å². The van der Waals surface area contributed by atoms with E-state index in [2.05, 4.69) is 18.7 Å². The highest BCUT2D eigenvalue weighted by Gasteiger charge is 2.29. The van der Waals surface area contributed by atoms with Crippen molar-refractivity contribution in [1.29, 1.82) is 0 Å². The summed E-state index contributed by atoms with van der Waals surface area (Å²) < 4.78 is 11.1. The van der Waals surface area contributed by atoms with Crippen LogP contribution in [0.5, 0.6) is 11.5 Å². The van der Waals surface area contributed by atoms with Crippen molar-refractivity contribution in [2.24, 2.45) is 0 Å². The number of hydrogen-bond acceptors (Lipinski definition) is 4. The van der Waals surface area contributed by atoms with Gasteiger partial charge < -0.3 is 14.6 Å². The summed E-state index contributed by atoms with van der Waals surface area (Å²) in [6, 6.07) is 16.0. The van der Waals surface area contributed by atoms with Crippen LogP contribution in [0.3, 0.4) is 0 Å². The van der Waals surface area contributed by atoms with Gasteiger partial charge in [0.1, 0.15) is 11.5 Å². The largest absolute Gasteiger partial charge is 0.496 e. The van der Waals surface area contributed by atoms with Gasteiger partial charge in [0, 0.05) is 19.1 Å². The molecule has 0 radical (unpaired) electrons. The molecule has 2 rings (SSSR count). The third kappa shape index (κ3) is 5.47. The third-order valence-electron chi connectivity index (χ3n) is 5.13. The lowest BCUT2D eigenvalue weighted by molar-refractivity contribution is -0.000732. The second-order valence-corrected chi connectivity index (χ2v) is 7.32. The molecule has 0 aromatic heterocycles. The highest BCUT2D eigenvalue weighted by molar-refractivity contribution is 5.44. The van der Waals surface area contributed by atoms with Crippen molar-refractivity contribution in [3.8, 4) is 11.5 Å². The minimum absolute atomic E-state index is 0.319. The molecule has 27 heavy (non-hydrogen) atoms. The van der Waals surface area contributed by atoms with Gasteiger partial charge in [-0.15, -0.1) is 0 Å². The fraction of sp³-hybridized carbons (Fsp3) is 0.478. The quantitative estimate of drug-likeness (QED) is 0.663. The van der Waals surface area contributed by atoms with E-state index in [1.54, 1.807) is 14.2 Å². The molecule has 4 nitrogen and oxygen atoms in total. The third-order valence-corrected chi connectivity index (χ3v) is 5.13. The lowest BCUT2D eigenvalue weighted by atomic mass is 9.94. The lowest BCUT2D eigenvalue weighted by Crippen LogP contribution is -2.43. The zero-order valence-corrected chi connectivity index (χ0v) is 17.2. The Morgan fingerprint density at radius 1 is 1.00 bits per heavy atom. The first-order valence-electron chi connectivity index (χ1n) is 9.64. The van der Waals surface area contributed by atoms with Gasteiger partial charge in [-0.1, -0.05) is 49.7 Å². The molecule has 2 aromatic carbocycles. The molecule has 0 aliphatic rings. The molecule has 0 amide bonds. The average Bonchev–Trinajstić information content (AvgIpc) is 2.68. The summed E-state index contributed by atoms with van der Waals surface area (Å²) in [4.78, 5) is 2.32. The predicted octanol–water partition coefficient (Wildman–Crippen LogP) is 4.60. The van der Waals surface area contributed by atoms with E-state index in [4.69, 9.17) is 9.47 Å². The Morgan fingerprint density at radius 3 is 2.11 bits per heavy atom. The molecule has 0 aliphatic carbocycles. The Labute approximate surface area is 163 Å². The second kappa shape index (κ2) is 9.77. The summed E-state index contributed by atoms with van der Waals surface area (Å²) in [6.07, 6.45) is 2.15. The van der Waals surface area contributed by atoms with Gasteiger partial charge >= 0.3 is 0 Å². The number of ether oxygens (including phenoxy) is 2. The first-order valence-corrected chi connectivity index (χ1v) is 9.64. The van der Waals surface area contributed by atoms with E-state index in [1.807, 2.05) is 55.5 Å². The molecule has 0 aliphatic heterocycles. The average molecular weight is 372 g/mol. The van der Waals surface area contributed by atoms with E-state index < -0.39 is 5.60 Å². The summed E-state index contributed by atoms with van der Waals surface area (Å²) >= 11 is 0. The Bertz CT molecular complexity index is 678. The van der Waals surface area contributed by atoms with E-state index >= 15 is 0 Å². The maximum Gasteiger partial charge on any atom is 0.127 e. The Kier molecular flexibility index (Phi) is 7.69. The molecule has 0 saturated carbocycles. The molecule has 0 spiro atoms. The normalized spacial score (nSPS) is 14.6. The van der Waals surface area contributed by atoms with Gasteiger partial charge in [0.25, 0.3) is 0 Å². The molecule has 2 unspecified atom stereocenters. The smallest absolute Gasteiger partial charge is 0.127 e. The van der Waals surface area contributed by atoms with Crippen molar-refractivity contribution in [2.75, 3.05) is 20.8 Å². The van der Waals surface area contributed by atoms with Gasteiger partial charge in [0.2, 0.25) is 0 Å². The van der Waals surface area contributed by atoms with Gasteiger partial charge in [-0.25, -0.2) is 0 Å². The number of nitrogens with zero attached hydrogens (tertiary/aromatic N) is 1. The number of rotatable bonds is 10. The summed E-state index contributed by atoms with van der Waals surface area (Å²) in [6.45, 7) is 7.46. The second-order valence-electron chi connectivity index (χ2n) is 7.32. The number of methoxy groups -OCH3 is 2. The van der Waals surface area contributed by atoms with Crippen molar-refractivity contribution in [3.05, 3.63) is 59.7 Å². The standard InChI is InChI=1S/C23H33NO3/c1-6-11-18(2)24(17-23(3,25)19-12-8-7-9-13-19)16-20-21(26-4)14-10-15-22(20)27-5/h7-10,12-15,18,25H,6,11,16-17H2,1-5H3. The molecule has 2 atom stereocenters. The summed E-state index contributed by atoms with van der Waals surface area (Å²) in [7, 11) is 3.36. The van der Waals surface area contributed by atoms with Crippen LogP contribution in [-0.2, 0) is 12.1 Å². The topological polar surface area (TPSA) is 41.9 Å². The van der Waals surface area contributed by atoms with E-state index in [1.165, 1.54) is 0 Å². The van der Waals surface area contributed by atoms with Crippen LogP contribution in [0, 0.1) is 0 Å². The first-order chi connectivity index (χ1) is 12.9. The van der Waals surface area contributed by atoms with E-state index in [0.29, 0.717) is 19.1 Å². The summed E-state index contributed by atoms with van der Waals surface area (Å²) in [5.74, 6) is 1.62. The van der Waals surface area contributed by atoms with Crippen molar-refractivity contribution >= 4 is 0 Å². The van der Waals surface area contributed by atoms with Crippen LogP contribution >= 0.6 is 0 Å². The molecule has 1 N–H and O–H groups in total. The molecule has 0 bridgehead atoms. The van der Waals surface area contributed by atoms with Crippen LogP contribution < -0.4 is 9.47 Å². The fourth-order valence-corrected chi connectivity index (χ4v) is 3.54. The SMILES string of the molecule is CCCC(C)N(Cc1c(OC)cccc1OC)CC(C)(O)c1ccccc1. The number of benzene rings is 2. The number of hydrogen-bond donors (Lipinski definition) is 1. The molecule has 0 heterocycles. The molecule has 2 aromatic rings. The highest BCUT2D eigenvalue weighted by Crippen LogP contribution is 2.32. The Morgan fingerprint density at radius 2 is 1.59 bits per heavy atom. The van der Waals surface area contributed by atoms with Gasteiger partial charge in [-0.2, -0.15) is 0 Å². The van der Waals surface area contributed by atoms with Crippen molar-refractivity contribution in [3.63, 3.8) is 0 Å². The Hall–Kier alpha value is -2.04. The summed E-state index contributed by atoms with van der Waals surface area (Å²) in [5, 5.41) is 11.2. The molecule has 4 heteroatoms. The fourth-order valence-electron chi connectivity index (χ4n) is 3.54. The lowest BCUT2D eigenvalue weighted by Gasteiger charge is -2.36. The van der Waals surface area contributed by atoms with Crippen molar-refractivity contribution in [1.82, 2.24) is 4.90 Å². The zero-order valence-electron chi connectivity index (χ0n) is 17.2. The maximum atomic E-state index is 11.2. The van der Waals surface area contributed by atoms with Crippen LogP contribution in [-0.4, -0.2) is 36.8 Å². The molecular formula is C23H33NO3. The minimum Gasteiger partial charge on any atom is -0.496 e. The Balaban J connectivity index is 2.33. The molecule has 148 valence electrons. The van der Waals surface area contributed by atoms with E-state index in [0.717, 1.165) is 35.5 Å². The van der Waals surface area contributed by atoms with Crippen molar-refractivity contribution in [2.45, 2.75) is 51.8 Å². The van der Waals surface area contributed by atoms with E-state index in [-0.39, 0.29) is 0 Å². The predicted molar refractivity (Wildman–Crippen MR) is 110 cm³/mol. The summed E-state index contributed by atoms with van der Waals surface area (Å²) in [5.41, 5.74) is 0.985. The van der Waals surface area contributed by atoms with Crippen molar-refractivity contribution < 1.29 is 14.6 Å². The van der Waals surface area contributed by atoms with Crippen LogP contribution in [0.2, 0.25) is 0 Å². The van der Waals surface area contributed by atoms with Gasteiger partial charge in [0.15, 0.2) is 0 Å². The zero-order chi connectivity index (χ0) is 19.9.